The lowest BCUT2D eigenvalue weighted by molar-refractivity contribution is -0.178. The monoisotopic (exact) mass is 191 g/mol. The molecule has 1 unspecified atom stereocenters. The zero-order chi connectivity index (χ0) is 10.5. The van der Waals surface area contributed by atoms with Crippen LogP contribution >= 0.6 is 0 Å². The van der Waals surface area contributed by atoms with Gasteiger partial charge >= 0.3 is 11.9 Å². The highest BCUT2D eigenvalue weighted by atomic mass is 19.3. The Morgan fingerprint density at radius 1 is 1.69 bits per heavy atom. The fourth-order valence-corrected chi connectivity index (χ4v) is 0.694. The topological polar surface area (TPSA) is 50.1 Å². The quantitative estimate of drug-likeness (QED) is 0.636. The van der Waals surface area contributed by atoms with Crippen LogP contribution in [0.1, 0.15) is 20.3 Å². The number of rotatable bonds is 4. The number of nitrogens with zero attached hydrogens (tertiary/aromatic N) is 1. The van der Waals surface area contributed by atoms with Crippen molar-refractivity contribution in [3.8, 4) is 6.07 Å². The molecule has 0 rings (SSSR count). The van der Waals surface area contributed by atoms with Gasteiger partial charge in [0.15, 0.2) is 0 Å². The second-order valence-corrected chi connectivity index (χ2v) is 2.61. The number of esters is 1. The largest absolute Gasteiger partial charge is 0.462 e. The van der Waals surface area contributed by atoms with E-state index in [1.165, 1.54) is 6.92 Å². The van der Waals surface area contributed by atoms with E-state index in [0.717, 1.165) is 6.92 Å². The van der Waals surface area contributed by atoms with Crippen molar-refractivity contribution in [3.63, 3.8) is 0 Å². The molecule has 0 aromatic rings. The van der Waals surface area contributed by atoms with Gasteiger partial charge in [-0.2, -0.15) is 14.0 Å². The molecule has 0 aliphatic rings. The number of hydrogen-bond donors (Lipinski definition) is 0. The van der Waals surface area contributed by atoms with Crippen LogP contribution in [0, 0.1) is 17.2 Å². The minimum Gasteiger partial charge on any atom is -0.462 e. The molecule has 1 atom stereocenters. The number of nitriles is 1. The molecule has 0 aromatic carbocycles. The van der Waals surface area contributed by atoms with Gasteiger partial charge < -0.3 is 4.74 Å². The molecule has 74 valence electrons. The molecule has 3 nitrogen and oxygen atoms in total. The second kappa shape index (κ2) is 4.75. The maximum Gasteiger partial charge on any atom is 0.377 e. The minimum absolute atomic E-state index is 0.0896. The first-order valence-corrected chi connectivity index (χ1v) is 3.88. The summed E-state index contributed by atoms with van der Waals surface area (Å²) in [5.41, 5.74) is 0. The number of halogens is 2. The lowest BCUT2D eigenvalue weighted by atomic mass is 10.0. The van der Waals surface area contributed by atoms with Crippen LogP contribution in [-0.4, -0.2) is 18.5 Å². The highest BCUT2D eigenvalue weighted by Crippen LogP contribution is 2.28. The third-order valence-electron chi connectivity index (χ3n) is 1.56. The highest BCUT2D eigenvalue weighted by Gasteiger charge is 2.45. The number of carbonyl (C=O) groups excluding carboxylic acids is 1. The SMILES string of the molecule is CCOC(=O)C(F)(F)C(C)CC#N. The molecule has 5 heteroatoms. The van der Waals surface area contributed by atoms with Gasteiger partial charge in [0.1, 0.15) is 0 Å². The molecular formula is C8H11F2NO2. The molecule has 13 heavy (non-hydrogen) atoms. The van der Waals surface area contributed by atoms with E-state index in [9.17, 15) is 13.6 Å². The van der Waals surface area contributed by atoms with E-state index in [1.54, 1.807) is 6.07 Å². The molecule has 0 saturated heterocycles. The van der Waals surface area contributed by atoms with E-state index < -0.39 is 17.8 Å². The van der Waals surface area contributed by atoms with E-state index in [-0.39, 0.29) is 13.0 Å². The lowest BCUT2D eigenvalue weighted by Crippen LogP contribution is -2.37. The van der Waals surface area contributed by atoms with Gasteiger partial charge in [-0.05, 0) is 6.92 Å². The Bertz CT molecular complexity index is 223. The van der Waals surface area contributed by atoms with Crippen molar-refractivity contribution >= 4 is 5.97 Å². The van der Waals surface area contributed by atoms with Gasteiger partial charge in [-0.15, -0.1) is 0 Å². The van der Waals surface area contributed by atoms with Crippen LogP contribution in [0.5, 0.6) is 0 Å². The molecular weight excluding hydrogens is 180 g/mol. The van der Waals surface area contributed by atoms with Gasteiger partial charge in [0, 0.05) is 12.3 Å². The first-order chi connectivity index (χ1) is 5.96. The van der Waals surface area contributed by atoms with E-state index >= 15 is 0 Å². The smallest absolute Gasteiger partial charge is 0.377 e. The lowest BCUT2D eigenvalue weighted by Gasteiger charge is -2.19. The van der Waals surface area contributed by atoms with Crippen molar-refractivity contribution in [1.29, 1.82) is 5.26 Å². The van der Waals surface area contributed by atoms with Crippen molar-refractivity contribution in [2.45, 2.75) is 26.2 Å². The second-order valence-electron chi connectivity index (χ2n) is 2.61. The number of hydrogen-bond acceptors (Lipinski definition) is 3. The van der Waals surface area contributed by atoms with Crippen LogP contribution in [0.4, 0.5) is 8.78 Å². The maximum atomic E-state index is 13.0. The summed E-state index contributed by atoms with van der Waals surface area (Å²) in [6.07, 6.45) is -0.369. The summed E-state index contributed by atoms with van der Waals surface area (Å²) >= 11 is 0. The van der Waals surface area contributed by atoms with Crippen LogP contribution in [0.2, 0.25) is 0 Å². The first kappa shape index (κ1) is 11.8. The molecule has 0 bridgehead atoms. The molecule has 0 heterocycles. The molecule has 0 aromatic heterocycles. The van der Waals surface area contributed by atoms with Crippen LogP contribution in [0.25, 0.3) is 0 Å². The summed E-state index contributed by atoms with van der Waals surface area (Å²) in [7, 11) is 0. The zero-order valence-corrected chi connectivity index (χ0v) is 7.51. The Labute approximate surface area is 75.3 Å². The van der Waals surface area contributed by atoms with Crippen molar-refractivity contribution < 1.29 is 18.3 Å². The predicted molar refractivity (Wildman–Crippen MR) is 41.0 cm³/mol. The summed E-state index contributed by atoms with van der Waals surface area (Å²) < 4.78 is 30.1. The van der Waals surface area contributed by atoms with Gasteiger partial charge in [0.05, 0.1) is 12.7 Å². The molecule has 0 aliphatic carbocycles. The molecule has 0 saturated carbocycles. The Morgan fingerprint density at radius 3 is 2.62 bits per heavy atom. The van der Waals surface area contributed by atoms with Crippen LogP contribution in [-0.2, 0) is 9.53 Å². The summed E-state index contributed by atoms with van der Waals surface area (Å²) in [6, 6.07) is 1.58. The fraction of sp³-hybridized carbons (Fsp3) is 0.750. The van der Waals surface area contributed by atoms with Crippen LogP contribution < -0.4 is 0 Å². The molecule has 0 fully saturated rings. The average molecular weight is 191 g/mol. The number of alkyl halides is 2. The molecule has 0 N–H and O–H groups in total. The van der Waals surface area contributed by atoms with Crippen molar-refractivity contribution in [2.24, 2.45) is 5.92 Å². The molecule has 0 aliphatic heterocycles. The number of ether oxygens (including phenoxy) is 1. The van der Waals surface area contributed by atoms with Gasteiger partial charge in [-0.3, -0.25) is 0 Å². The first-order valence-electron chi connectivity index (χ1n) is 3.88. The Hall–Kier alpha value is -1.18. The third-order valence-corrected chi connectivity index (χ3v) is 1.56. The molecule has 0 spiro atoms. The standard InChI is InChI=1S/C8H11F2NO2/c1-3-13-7(12)8(9,10)6(2)4-5-11/h6H,3-4H2,1-2H3. The summed E-state index contributed by atoms with van der Waals surface area (Å²) in [5, 5.41) is 8.18. The van der Waals surface area contributed by atoms with E-state index in [2.05, 4.69) is 4.74 Å². The van der Waals surface area contributed by atoms with Crippen molar-refractivity contribution in [3.05, 3.63) is 0 Å². The van der Waals surface area contributed by atoms with Gasteiger partial charge in [0.25, 0.3) is 0 Å². The summed E-state index contributed by atoms with van der Waals surface area (Å²) in [4.78, 5) is 10.7. The van der Waals surface area contributed by atoms with Crippen LogP contribution in [0.3, 0.4) is 0 Å². The number of carbonyl (C=O) groups is 1. The normalized spacial score (nSPS) is 13.2. The Balaban J connectivity index is 4.37. The van der Waals surface area contributed by atoms with E-state index in [4.69, 9.17) is 5.26 Å². The van der Waals surface area contributed by atoms with Gasteiger partial charge in [-0.1, -0.05) is 6.92 Å². The zero-order valence-electron chi connectivity index (χ0n) is 7.51. The van der Waals surface area contributed by atoms with E-state index in [1.807, 2.05) is 0 Å². The molecule has 0 radical (unpaired) electrons. The van der Waals surface area contributed by atoms with Gasteiger partial charge in [-0.25, -0.2) is 4.79 Å². The van der Waals surface area contributed by atoms with Crippen molar-refractivity contribution in [2.75, 3.05) is 6.61 Å². The summed E-state index contributed by atoms with van der Waals surface area (Å²) in [5.74, 6) is -6.43. The Kier molecular flexibility index (Phi) is 4.32. The maximum absolute atomic E-state index is 13.0. The minimum atomic E-state index is -3.56. The van der Waals surface area contributed by atoms with E-state index in [0.29, 0.717) is 0 Å². The Morgan fingerprint density at radius 2 is 2.23 bits per heavy atom. The highest BCUT2D eigenvalue weighted by molar-refractivity contribution is 5.77. The predicted octanol–water partition coefficient (Wildman–Crippen LogP) is 1.73. The third kappa shape index (κ3) is 2.98. The van der Waals surface area contributed by atoms with Crippen LogP contribution in [0.15, 0.2) is 0 Å². The van der Waals surface area contributed by atoms with Crippen molar-refractivity contribution in [1.82, 2.24) is 0 Å². The molecule has 0 amide bonds. The summed E-state index contributed by atoms with van der Waals surface area (Å²) in [6.45, 7) is 2.50. The average Bonchev–Trinajstić information content (AvgIpc) is 2.05. The fourth-order valence-electron chi connectivity index (χ4n) is 0.694. The van der Waals surface area contributed by atoms with Gasteiger partial charge in [0.2, 0.25) is 0 Å².